The second kappa shape index (κ2) is 5.79. The van der Waals surface area contributed by atoms with Crippen LogP contribution in [0.4, 0.5) is 0 Å². The first kappa shape index (κ1) is 14.0. The fraction of sp³-hybridized carbons (Fsp3) is 0.133. The molecule has 0 aliphatic heterocycles. The maximum Gasteiger partial charge on any atom is 0.252 e. The van der Waals surface area contributed by atoms with Crippen LogP contribution in [-0.4, -0.2) is 15.9 Å². The minimum Gasteiger partial charge on any atom is -0.347 e. The number of aryl methyl sites for hydroxylation is 1. The molecule has 0 saturated carbocycles. The number of hydrogen-bond acceptors (Lipinski definition) is 4. The fourth-order valence-corrected chi connectivity index (χ4v) is 3.02. The summed E-state index contributed by atoms with van der Waals surface area (Å²) in [4.78, 5) is 21.8. The molecule has 4 nitrogen and oxygen atoms in total. The number of aromatic nitrogens is 2. The smallest absolute Gasteiger partial charge is 0.252 e. The molecule has 0 unspecified atom stereocenters. The van der Waals surface area contributed by atoms with Crippen LogP contribution in [0.2, 0.25) is 5.15 Å². The summed E-state index contributed by atoms with van der Waals surface area (Å²) in [6, 6.07) is 9.04. The highest BCUT2D eigenvalue weighted by Crippen LogP contribution is 2.21. The summed E-state index contributed by atoms with van der Waals surface area (Å²) in [7, 11) is 0. The van der Waals surface area contributed by atoms with E-state index in [-0.39, 0.29) is 5.91 Å². The molecule has 0 fully saturated rings. The Bertz CT molecular complexity index is 816. The van der Waals surface area contributed by atoms with E-state index in [4.69, 9.17) is 11.6 Å². The van der Waals surface area contributed by atoms with Gasteiger partial charge in [0.15, 0.2) is 0 Å². The van der Waals surface area contributed by atoms with Crippen molar-refractivity contribution in [2.24, 2.45) is 0 Å². The Hall–Kier alpha value is -1.98. The average molecular weight is 318 g/mol. The van der Waals surface area contributed by atoms with Crippen molar-refractivity contribution >= 4 is 39.7 Å². The minimum absolute atomic E-state index is 0.165. The highest BCUT2D eigenvalue weighted by atomic mass is 35.5. The molecule has 1 amide bonds. The number of hydrogen-bond donors (Lipinski definition) is 1. The van der Waals surface area contributed by atoms with Crippen molar-refractivity contribution in [3.8, 4) is 0 Å². The van der Waals surface area contributed by atoms with Gasteiger partial charge in [-0.05, 0) is 19.1 Å². The lowest BCUT2D eigenvalue weighted by molar-refractivity contribution is 0.0953. The number of thiazole rings is 1. The number of halogens is 1. The van der Waals surface area contributed by atoms with Crippen LogP contribution < -0.4 is 5.32 Å². The van der Waals surface area contributed by atoms with E-state index in [0.29, 0.717) is 22.8 Å². The van der Waals surface area contributed by atoms with Crippen molar-refractivity contribution in [1.29, 1.82) is 0 Å². The Morgan fingerprint density at radius 2 is 2.19 bits per heavy atom. The van der Waals surface area contributed by atoms with Gasteiger partial charge in [0.1, 0.15) is 5.15 Å². The summed E-state index contributed by atoms with van der Waals surface area (Å²) in [5, 5.41) is 4.98. The zero-order chi connectivity index (χ0) is 14.8. The van der Waals surface area contributed by atoms with Crippen LogP contribution >= 0.6 is 22.9 Å². The predicted molar refractivity (Wildman–Crippen MR) is 84.8 cm³/mol. The van der Waals surface area contributed by atoms with Crippen LogP contribution in [0.15, 0.2) is 36.5 Å². The van der Waals surface area contributed by atoms with E-state index in [2.05, 4.69) is 15.3 Å². The topological polar surface area (TPSA) is 54.9 Å². The fourth-order valence-electron chi connectivity index (χ4n) is 2.08. The number of nitrogens with zero attached hydrogens (tertiary/aromatic N) is 2. The number of fused-ring (bicyclic) bond motifs is 1. The summed E-state index contributed by atoms with van der Waals surface area (Å²) in [6.45, 7) is 2.39. The van der Waals surface area contributed by atoms with E-state index in [1.165, 1.54) is 0 Å². The summed E-state index contributed by atoms with van der Waals surface area (Å²) < 4.78 is 0. The monoisotopic (exact) mass is 317 g/mol. The first-order chi connectivity index (χ1) is 10.1. The Morgan fingerprint density at radius 1 is 1.38 bits per heavy atom. The third kappa shape index (κ3) is 3.04. The molecule has 1 aromatic carbocycles. The van der Waals surface area contributed by atoms with Gasteiger partial charge in [-0.15, -0.1) is 11.3 Å². The standard InChI is InChI=1S/C15H12ClN3OS/c1-9-17-7-10(21-9)8-18-15(20)12-6-14(16)19-13-5-3-2-4-11(12)13/h2-7H,8H2,1H3,(H,18,20). The zero-order valence-corrected chi connectivity index (χ0v) is 12.8. The maximum atomic E-state index is 12.4. The second-order valence-electron chi connectivity index (χ2n) is 4.54. The van der Waals surface area contributed by atoms with E-state index >= 15 is 0 Å². The largest absolute Gasteiger partial charge is 0.347 e. The maximum absolute atomic E-state index is 12.4. The molecule has 3 rings (SSSR count). The molecule has 6 heteroatoms. The molecule has 3 aromatic rings. The quantitative estimate of drug-likeness (QED) is 0.751. The number of pyridine rings is 1. The SMILES string of the molecule is Cc1ncc(CNC(=O)c2cc(Cl)nc3ccccc23)s1. The van der Waals surface area contributed by atoms with Gasteiger partial charge < -0.3 is 5.32 Å². The normalized spacial score (nSPS) is 10.8. The molecule has 1 N–H and O–H groups in total. The van der Waals surface area contributed by atoms with Crippen LogP contribution in [0.1, 0.15) is 20.2 Å². The van der Waals surface area contributed by atoms with Crippen molar-refractivity contribution in [2.45, 2.75) is 13.5 Å². The van der Waals surface area contributed by atoms with Gasteiger partial charge in [0.05, 0.1) is 22.6 Å². The molecular weight excluding hydrogens is 306 g/mol. The summed E-state index contributed by atoms with van der Waals surface area (Å²) in [5.41, 5.74) is 1.25. The number of benzene rings is 1. The predicted octanol–water partition coefficient (Wildman–Crippen LogP) is 3.58. The van der Waals surface area contributed by atoms with Crippen molar-refractivity contribution in [3.05, 3.63) is 57.1 Å². The third-order valence-corrected chi connectivity index (χ3v) is 4.13. The van der Waals surface area contributed by atoms with Gasteiger partial charge in [-0.25, -0.2) is 9.97 Å². The highest BCUT2D eigenvalue weighted by Gasteiger charge is 2.12. The van der Waals surface area contributed by atoms with Gasteiger partial charge in [-0.1, -0.05) is 29.8 Å². The lowest BCUT2D eigenvalue weighted by Gasteiger charge is -2.07. The molecule has 0 bridgehead atoms. The van der Waals surface area contributed by atoms with Gasteiger partial charge in [-0.3, -0.25) is 4.79 Å². The average Bonchev–Trinajstić information content (AvgIpc) is 2.89. The van der Waals surface area contributed by atoms with Crippen LogP contribution in [0.3, 0.4) is 0 Å². The molecule has 2 aromatic heterocycles. The zero-order valence-electron chi connectivity index (χ0n) is 11.3. The van der Waals surface area contributed by atoms with Crippen molar-refractivity contribution in [1.82, 2.24) is 15.3 Å². The Kier molecular flexibility index (Phi) is 3.86. The van der Waals surface area contributed by atoms with Gasteiger partial charge in [0.25, 0.3) is 5.91 Å². The van der Waals surface area contributed by atoms with E-state index in [0.717, 1.165) is 15.3 Å². The molecule has 106 valence electrons. The van der Waals surface area contributed by atoms with Gasteiger partial charge >= 0.3 is 0 Å². The molecule has 0 aliphatic rings. The van der Waals surface area contributed by atoms with Crippen LogP contribution in [-0.2, 0) is 6.54 Å². The number of carbonyl (C=O) groups is 1. The minimum atomic E-state index is -0.165. The van der Waals surface area contributed by atoms with Crippen LogP contribution in [0, 0.1) is 6.92 Å². The lowest BCUT2D eigenvalue weighted by atomic mass is 10.1. The number of amides is 1. The molecule has 0 aliphatic carbocycles. The second-order valence-corrected chi connectivity index (χ2v) is 6.24. The first-order valence-electron chi connectivity index (χ1n) is 6.38. The number of rotatable bonds is 3. The van der Waals surface area contributed by atoms with E-state index < -0.39 is 0 Å². The molecule has 0 atom stereocenters. The van der Waals surface area contributed by atoms with Gasteiger partial charge in [-0.2, -0.15) is 0 Å². The number of para-hydroxylation sites is 1. The van der Waals surface area contributed by atoms with Gasteiger partial charge in [0, 0.05) is 16.5 Å². The van der Waals surface area contributed by atoms with Crippen molar-refractivity contribution in [2.75, 3.05) is 0 Å². The molecule has 0 radical (unpaired) electrons. The number of nitrogens with one attached hydrogen (secondary N) is 1. The summed E-state index contributed by atoms with van der Waals surface area (Å²) >= 11 is 7.56. The van der Waals surface area contributed by atoms with Crippen LogP contribution in [0.25, 0.3) is 10.9 Å². The van der Waals surface area contributed by atoms with Crippen molar-refractivity contribution < 1.29 is 4.79 Å². The molecule has 2 heterocycles. The van der Waals surface area contributed by atoms with Crippen molar-refractivity contribution in [3.63, 3.8) is 0 Å². The Balaban J connectivity index is 1.87. The van der Waals surface area contributed by atoms with E-state index in [1.54, 1.807) is 23.6 Å². The summed E-state index contributed by atoms with van der Waals surface area (Å²) in [6.07, 6.45) is 1.78. The van der Waals surface area contributed by atoms with Gasteiger partial charge in [0.2, 0.25) is 0 Å². The first-order valence-corrected chi connectivity index (χ1v) is 7.58. The molecule has 21 heavy (non-hydrogen) atoms. The number of carbonyl (C=O) groups excluding carboxylic acids is 1. The Morgan fingerprint density at radius 3 is 2.95 bits per heavy atom. The third-order valence-electron chi connectivity index (χ3n) is 3.02. The van der Waals surface area contributed by atoms with Crippen LogP contribution in [0.5, 0.6) is 0 Å². The molecular formula is C15H12ClN3OS. The molecule has 0 saturated heterocycles. The lowest BCUT2D eigenvalue weighted by Crippen LogP contribution is -2.22. The Labute approximate surface area is 130 Å². The summed E-state index contributed by atoms with van der Waals surface area (Å²) in [5.74, 6) is -0.165. The van der Waals surface area contributed by atoms with E-state index in [9.17, 15) is 4.79 Å². The molecule has 0 spiro atoms. The highest BCUT2D eigenvalue weighted by molar-refractivity contribution is 7.11. The van der Waals surface area contributed by atoms with E-state index in [1.807, 2.05) is 31.2 Å².